The molecule has 0 aliphatic carbocycles. The molecule has 0 aliphatic heterocycles. The summed E-state index contributed by atoms with van der Waals surface area (Å²) in [6.07, 6.45) is -2.94. The van der Waals surface area contributed by atoms with Gasteiger partial charge < -0.3 is 20.5 Å². The van der Waals surface area contributed by atoms with E-state index in [9.17, 15) is 49.8 Å². The molecule has 264 valence electrons. The highest BCUT2D eigenvalue weighted by molar-refractivity contribution is 5.99. The first-order valence-corrected chi connectivity index (χ1v) is 15.2. The van der Waals surface area contributed by atoms with E-state index in [0.29, 0.717) is 18.6 Å². The van der Waals surface area contributed by atoms with E-state index in [2.05, 4.69) is 46.0 Å². The van der Waals surface area contributed by atoms with Crippen LogP contribution in [-0.4, -0.2) is 47.2 Å². The Morgan fingerprint density at radius 2 is 1.45 bits per heavy atom. The molecule has 2 rings (SSSR count). The smallest absolute Gasteiger partial charge is 0.393 e. The number of nitrogens with one attached hydrogen (secondary N) is 2. The van der Waals surface area contributed by atoms with Gasteiger partial charge in [-0.05, 0) is 60.3 Å². The van der Waals surface area contributed by atoms with Crippen LogP contribution in [0.4, 0.5) is 46.5 Å². The molecule has 2 aromatic carbocycles. The molecule has 0 aliphatic rings. The van der Waals surface area contributed by atoms with Crippen LogP contribution in [0.5, 0.6) is 11.5 Å². The Labute approximate surface area is 269 Å². The third kappa shape index (κ3) is 8.48. The fraction of sp³-hybridized carbons (Fsp3) is 0.576. The van der Waals surface area contributed by atoms with E-state index in [1.54, 1.807) is 0 Å². The van der Waals surface area contributed by atoms with Crippen LogP contribution >= 0.6 is 0 Å². The SMILES string of the molecule is CCCC[C@H](Oc1ccc(C(C)(C)CC)cc1C(C)(C)CC)C(=O)Nc1ccc(NC(=O)C(F)(F)C(F)(F)C(F)(F)C(F)F)c(O)c1. The predicted molar refractivity (Wildman–Crippen MR) is 163 cm³/mol. The fourth-order valence-corrected chi connectivity index (χ4v) is 4.39. The monoisotopic (exact) mass is 682 g/mol. The first kappa shape index (κ1) is 39.6. The summed E-state index contributed by atoms with van der Waals surface area (Å²) in [5.41, 5.74) is 0.515. The number of ether oxygens (including phenoxy) is 1. The number of carbonyl (C=O) groups is 2. The number of hydrogen-bond acceptors (Lipinski definition) is 4. The molecule has 47 heavy (non-hydrogen) atoms. The maximum absolute atomic E-state index is 14.0. The second kappa shape index (κ2) is 14.7. The normalized spacial score (nSPS) is 13.8. The van der Waals surface area contributed by atoms with Crippen LogP contribution in [0, 0.1) is 0 Å². The molecular weight excluding hydrogens is 640 g/mol. The zero-order valence-electron chi connectivity index (χ0n) is 27.4. The molecule has 6 nitrogen and oxygen atoms in total. The van der Waals surface area contributed by atoms with Crippen molar-refractivity contribution in [2.24, 2.45) is 0 Å². The van der Waals surface area contributed by atoms with Crippen molar-refractivity contribution in [2.45, 2.75) is 122 Å². The van der Waals surface area contributed by atoms with E-state index in [-0.39, 0.29) is 16.5 Å². The maximum Gasteiger partial charge on any atom is 0.393 e. The zero-order valence-corrected chi connectivity index (χ0v) is 27.4. The number of alkyl halides is 8. The molecule has 0 fully saturated rings. The number of hydrogen-bond donors (Lipinski definition) is 3. The van der Waals surface area contributed by atoms with Gasteiger partial charge in [0, 0.05) is 17.3 Å². The molecule has 0 bridgehead atoms. The van der Waals surface area contributed by atoms with Crippen LogP contribution in [0.1, 0.15) is 91.7 Å². The van der Waals surface area contributed by atoms with Crippen LogP contribution in [0.25, 0.3) is 0 Å². The first-order valence-electron chi connectivity index (χ1n) is 15.2. The minimum absolute atomic E-state index is 0.114. The standard InChI is InChI=1S/C33H42F8N2O4/c1-8-11-12-25(47-24-16-13-19(29(4,5)9-2)17-21(24)30(6,7)10-3)26(45)42-20-14-15-22(23(44)18-20)43-28(46)32(38,39)33(40,41)31(36,37)27(34)35/h13-18,25,27,44H,8-12H2,1-7H3,(H,42,45)(H,43,46)/t25-/m0/s1. The maximum atomic E-state index is 14.0. The molecule has 0 aromatic heterocycles. The molecule has 0 saturated carbocycles. The van der Waals surface area contributed by atoms with Gasteiger partial charge in [-0.3, -0.25) is 9.59 Å². The molecule has 0 spiro atoms. The van der Waals surface area contributed by atoms with Crippen molar-refractivity contribution in [3.8, 4) is 11.5 Å². The van der Waals surface area contributed by atoms with E-state index >= 15 is 0 Å². The van der Waals surface area contributed by atoms with Crippen molar-refractivity contribution < 1.29 is 54.6 Å². The zero-order chi connectivity index (χ0) is 36.2. The van der Waals surface area contributed by atoms with Gasteiger partial charge in [0.25, 0.3) is 5.91 Å². The quantitative estimate of drug-likeness (QED) is 0.122. The lowest BCUT2D eigenvalue weighted by molar-refractivity contribution is -0.326. The van der Waals surface area contributed by atoms with Crippen molar-refractivity contribution in [2.75, 3.05) is 10.6 Å². The summed E-state index contributed by atoms with van der Waals surface area (Å²) in [6.45, 7) is 14.4. The number of anilines is 2. The van der Waals surface area contributed by atoms with Gasteiger partial charge in [-0.25, -0.2) is 8.78 Å². The number of benzene rings is 2. The minimum Gasteiger partial charge on any atom is -0.506 e. The Bertz CT molecular complexity index is 1410. The Morgan fingerprint density at radius 3 is 1.96 bits per heavy atom. The summed E-state index contributed by atoms with van der Waals surface area (Å²) >= 11 is 0. The number of rotatable bonds is 16. The van der Waals surface area contributed by atoms with Crippen LogP contribution in [-0.2, 0) is 20.4 Å². The van der Waals surface area contributed by atoms with Crippen LogP contribution < -0.4 is 15.4 Å². The van der Waals surface area contributed by atoms with Crippen molar-refractivity contribution in [1.29, 1.82) is 0 Å². The number of carbonyl (C=O) groups excluding carboxylic acids is 2. The molecule has 3 N–H and O–H groups in total. The Kier molecular flexibility index (Phi) is 12.4. The van der Waals surface area contributed by atoms with Gasteiger partial charge in [0.2, 0.25) is 0 Å². The van der Waals surface area contributed by atoms with E-state index in [1.807, 2.05) is 26.0 Å². The predicted octanol–water partition coefficient (Wildman–Crippen LogP) is 9.45. The number of phenolic OH excluding ortho intramolecular Hbond substituents is 1. The van der Waals surface area contributed by atoms with Gasteiger partial charge in [0.1, 0.15) is 11.5 Å². The fourth-order valence-electron chi connectivity index (χ4n) is 4.39. The second-order valence-electron chi connectivity index (χ2n) is 12.7. The van der Waals surface area contributed by atoms with Gasteiger partial charge in [-0.1, -0.05) is 67.0 Å². The van der Waals surface area contributed by atoms with Gasteiger partial charge in [-0.15, -0.1) is 0 Å². The number of unbranched alkanes of at least 4 members (excludes halogenated alkanes) is 1. The van der Waals surface area contributed by atoms with E-state index in [1.165, 1.54) is 0 Å². The average molecular weight is 683 g/mol. The lowest BCUT2D eigenvalue weighted by atomic mass is 9.76. The van der Waals surface area contributed by atoms with E-state index in [4.69, 9.17) is 4.74 Å². The Balaban J connectivity index is 2.34. The van der Waals surface area contributed by atoms with Gasteiger partial charge in [0.05, 0.1) is 5.69 Å². The molecule has 2 aromatic rings. The molecule has 0 unspecified atom stereocenters. The van der Waals surface area contributed by atoms with Crippen LogP contribution in [0.3, 0.4) is 0 Å². The summed E-state index contributed by atoms with van der Waals surface area (Å²) in [7, 11) is 0. The second-order valence-corrected chi connectivity index (χ2v) is 12.7. The highest BCUT2D eigenvalue weighted by Gasteiger charge is 2.78. The van der Waals surface area contributed by atoms with Crippen molar-refractivity contribution in [3.05, 3.63) is 47.5 Å². The highest BCUT2D eigenvalue weighted by atomic mass is 19.4. The number of aromatic hydroxyl groups is 1. The van der Waals surface area contributed by atoms with Crippen molar-refractivity contribution in [1.82, 2.24) is 0 Å². The van der Waals surface area contributed by atoms with E-state index in [0.717, 1.165) is 53.9 Å². The third-order valence-electron chi connectivity index (χ3n) is 8.53. The molecule has 2 amide bonds. The van der Waals surface area contributed by atoms with Crippen molar-refractivity contribution >= 4 is 23.2 Å². The molecule has 0 radical (unpaired) electrons. The van der Waals surface area contributed by atoms with Crippen LogP contribution in [0.2, 0.25) is 0 Å². The molecule has 0 heterocycles. The van der Waals surface area contributed by atoms with E-state index < -0.39 is 53.5 Å². The summed E-state index contributed by atoms with van der Waals surface area (Å²) < 4.78 is 113. The third-order valence-corrected chi connectivity index (χ3v) is 8.53. The largest absolute Gasteiger partial charge is 0.506 e. The number of amides is 2. The summed E-state index contributed by atoms with van der Waals surface area (Å²) in [5, 5.41) is 13.9. The Morgan fingerprint density at radius 1 is 0.851 bits per heavy atom. The van der Waals surface area contributed by atoms with Crippen LogP contribution in [0.15, 0.2) is 36.4 Å². The minimum atomic E-state index is -6.77. The lowest BCUT2D eigenvalue weighted by Gasteiger charge is -2.31. The van der Waals surface area contributed by atoms with Crippen molar-refractivity contribution in [3.63, 3.8) is 0 Å². The van der Waals surface area contributed by atoms with Gasteiger partial charge in [0.15, 0.2) is 6.10 Å². The summed E-state index contributed by atoms with van der Waals surface area (Å²) in [4.78, 5) is 25.2. The average Bonchev–Trinajstić information content (AvgIpc) is 2.99. The molecular formula is C33H42F8N2O4. The first-order chi connectivity index (χ1) is 21.5. The Hall–Kier alpha value is -3.58. The summed E-state index contributed by atoms with van der Waals surface area (Å²) in [6, 6.07) is 8.35. The summed E-state index contributed by atoms with van der Waals surface area (Å²) in [5.74, 6) is -23.8. The molecule has 0 saturated heterocycles. The van der Waals surface area contributed by atoms with Gasteiger partial charge in [-0.2, -0.15) is 26.3 Å². The molecule has 1 atom stereocenters. The molecule has 14 heteroatoms. The highest BCUT2D eigenvalue weighted by Crippen LogP contribution is 2.49. The van der Waals surface area contributed by atoms with Gasteiger partial charge >= 0.3 is 30.1 Å². The number of phenols is 1. The topological polar surface area (TPSA) is 87.7 Å². The lowest BCUT2D eigenvalue weighted by Crippen LogP contribution is -2.61. The number of halogens is 8.